The van der Waals surface area contributed by atoms with Crippen LogP contribution in [0.3, 0.4) is 0 Å². The molecule has 0 aliphatic carbocycles. The second-order valence-electron chi connectivity index (χ2n) is 6.79. The van der Waals surface area contributed by atoms with Gasteiger partial charge in [0.1, 0.15) is 5.82 Å². The first-order valence-corrected chi connectivity index (χ1v) is 9.30. The number of nitrogens with one attached hydrogen (secondary N) is 1. The van der Waals surface area contributed by atoms with Gasteiger partial charge in [0, 0.05) is 18.8 Å². The Morgan fingerprint density at radius 2 is 1.73 bits per heavy atom. The first-order valence-electron chi connectivity index (χ1n) is 9.30. The van der Waals surface area contributed by atoms with Gasteiger partial charge in [0.05, 0.1) is 11.6 Å². The molecule has 3 aromatic carbocycles. The number of anilines is 1. The van der Waals surface area contributed by atoms with Gasteiger partial charge in [-0.2, -0.15) is 5.26 Å². The van der Waals surface area contributed by atoms with E-state index in [4.69, 9.17) is 14.7 Å². The lowest BCUT2D eigenvalue weighted by Crippen LogP contribution is -2.34. The Morgan fingerprint density at radius 3 is 2.53 bits per heavy atom. The van der Waals surface area contributed by atoms with Gasteiger partial charge in [-0.1, -0.05) is 24.3 Å². The van der Waals surface area contributed by atoms with E-state index in [0.717, 1.165) is 11.1 Å². The highest BCUT2D eigenvalue weighted by Crippen LogP contribution is 2.33. The van der Waals surface area contributed by atoms with Crippen molar-refractivity contribution in [2.45, 2.75) is 13.1 Å². The van der Waals surface area contributed by atoms with Crippen LogP contribution in [0.5, 0.6) is 11.5 Å². The van der Waals surface area contributed by atoms with Gasteiger partial charge < -0.3 is 19.7 Å². The zero-order valence-electron chi connectivity index (χ0n) is 16.0. The van der Waals surface area contributed by atoms with Crippen LogP contribution in [0.15, 0.2) is 66.7 Å². The van der Waals surface area contributed by atoms with E-state index in [1.165, 1.54) is 12.1 Å². The highest BCUT2D eigenvalue weighted by Gasteiger charge is 2.18. The Balaban J connectivity index is 1.56. The van der Waals surface area contributed by atoms with Crippen LogP contribution < -0.4 is 14.8 Å². The number of amides is 2. The molecule has 1 aliphatic heterocycles. The summed E-state index contributed by atoms with van der Waals surface area (Å²) in [5.41, 5.74) is 2.63. The molecule has 0 spiro atoms. The van der Waals surface area contributed by atoms with Crippen molar-refractivity contribution in [3.63, 3.8) is 0 Å². The second kappa shape index (κ2) is 8.53. The summed E-state index contributed by atoms with van der Waals surface area (Å²) in [6, 6.07) is 19.9. The number of nitriles is 1. The monoisotopic (exact) mass is 403 g/mol. The third-order valence-corrected chi connectivity index (χ3v) is 4.63. The summed E-state index contributed by atoms with van der Waals surface area (Å²) in [6.07, 6.45) is 0. The average molecular weight is 403 g/mol. The van der Waals surface area contributed by atoms with Crippen LogP contribution in [-0.4, -0.2) is 17.7 Å². The molecular formula is C23H18FN3O3. The Kier molecular flexibility index (Phi) is 5.48. The summed E-state index contributed by atoms with van der Waals surface area (Å²) in [5.74, 6) is 0.969. The molecule has 3 aromatic rings. The summed E-state index contributed by atoms with van der Waals surface area (Å²) in [4.78, 5) is 14.6. The Hall–Kier alpha value is -4.05. The Labute approximate surface area is 173 Å². The highest BCUT2D eigenvalue weighted by molar-refractivity contribution is 5.89. The Bertz CT molecular complexity index is 1110. The maximum Gasteiger partial charge on any atom is 0.322 e. The predicted octanol–water partition coefficient (Wildman–Crippen LogP) is 4.66. The molecule has 0 atom stereocenters. The van der Waals surface area contributed by atoms with Gasteiger partial charge in [0.25, 0.3) is 0 Å². The number of hydrogen-bond donors (Lipinski definition) is 1. The number of halogens is 1. The maximum atomic E-state index is 13.3. The summed E-state index contributed by atoms with van der Waals surface area (Å²) in [7, 11) is 0. The van der Waals surface area contributed by atoms with Crippen LogP contribution in [0, 0.1) is 17.1 Å². The molecule has 1 N–H and O–H groups in total. The highest BCUT2D eigenvalue weighted by atomic mass is 19.1. The molecule has 0 bridgehead atoms. The van der Waals surface area contributed by atoms with Crippen molar-refractivity contribution in [3.05, 3.63) is 89.2 Å². The molecule has 0 fully saturated rings. The second-order valence-corrected chi connectivity index (χ2v) is 6.79. The van der Waals surface area contributed by atoms with E-state index in [1.54, 1.807) is 41.3 Å². The summed E-state index contributed by atoms with van der Waals surface area (Å²) >= 11 is 0. The third-order valence-electron chi connectivity index (χ3n) is 4.63. The van der Waals surface area contributed by atoms with Crippen molar-refractivity contribution in [1.29, 1.82) is 5.26 Å². The molecule has 150 valence electrons. The first-order chi connectivity index (χ1) is 14.6. The van der Waals surface area contributed by atoms with Crippen molar-refractivity contribution in [2.24, 2.45) is 0 Å². The van der Waals surface area contributed by atoms with Crippen molar-refractivity contribution >= 4 is 11.7 Å². The summed E-state index contributed by atoms with van der Waals surface area (Å²) in [6.45, 7) is 0.754. The molecule has 4 rings (SSSR count). The number of urea groups is 1. The van der Waals surface area contributed by atoms with E-state index >= 15 is 0 Å². The average Bonchev–Trinajstić information content (AvgIpc) is 3.23. The van der Waals surface area contributed by atoms with Crippen LogP contribution in [-0.2, 0) is 13.1 Å². The molecular weight excluding hydrogens is 385 g/mol. The summed E-state index contributed by atoms with van der Waals surface area (Å²) < 4.78 is 24.0. The molecule has 1 heterocycles. The number of hydrogen-bond acceptors (Lipinski definition) is 4. The number of nitrogens with zero attached hydrogens (tertiary/aromatic N) is 2. The minimum Gasteiger partial charge on any atom is -0.454 e. The van der Waals surface area contributed by atoms with Gasteiger partial charge in [-0.15, -0.1) is 0 Å². The molecule has 1 aliphatic rings. The van der Waals surface area contributed by atoms with Gasteiger partial charge in [0.15, 0.2) is 11.5 Å². The fourth-order valence-corrected chi connectivity index (χ4v) is 3.14. The van der Waals surface area contributed by atoms with E-state index in [1.807, 2.05) is 18.2 Å². The Morgan fingerprint density at radius 1 is 1.00 bits per heavy atom. The molecule has 0 saturated carbocycles. The van der Waals surface area contributed by atoms with Gasteiger partial charge in [-0.25, -0.2) is 9.18 Å². The van der Waals surface area contributed by atoms with Crippen molar-refractivity contribution < 1.29 is 18.7 Å². The van der Waals surface area contributed by atoms with Gasteiger partial charge in [0.2, 0.25) is 6.79 Å². The first kappa shape index (κ1) is 19.3. The quantitative estimate of drug-likeness (QED) is 0.672. The SMILES string of the molecule is N#Cc1cccc(NC(=O)N(Cc2ccc(F)cc2)Cc2ccc3c(c2)OCO3)c1. The maximum absolute atomic E-state index is 13.3. The van der Waals surface area contributed by atoms with Crippen LogP contribution >= 0.6 is 0 Å². The molecule has 0 unspecified atom stereocenters. The lowest BCUT2D eigenvalue weighted by Gasteiger charge is -2.24. The number of rotatable bonds is 5. The molecule has 0 aromatic heterocycles. The van der Waals surface area contributed by atoms with Crippen molar-refractivity contribution in [1.82, 2.24) is 4.90 Å². The molecule has 2 amide bonds. The largest absolute Gasteiger partial charge is 0.454 e. The lowest BCUT2D eigenvalue weighted by molar-refractivity contribution is 0.174. The molecule has 6 nitrogen and oxygen atoms in total. The van der Waals surface area contributed by atoms with Gasteiger partial charge in [-0.3, -0.25) is 0 Å². The number of benzene rings is 3. The molecule has 30 heavy (non-hydrogen) atoms. The number of ether oxygens (including phenoxy) is 2. The molecule has 0 saturated heterocycles. The van der Waals surface area contributed by atoms with E-state index in [0.29, 0.717) is 29.3 Å². The summed E-state index contributed by atoms with van der Waals surface area (Å²) in [5, 5.41) is 11.9. The topological polar surface area (TPSA) is 74.6 Å². The van der Waals surface area contributed by atoms with Crippen molar-refractivity contribution in [2.75, 3.05) is 12.1 Å². The van der Waals surface area contributed by atoms with Crippen molar-refractivity contribution in [3.8, 4) is 17.6 Å². The fraction of sp³-hybridized carbons (Fsp3) is 0.130. The van der Waals surface area contributed by atoms with E-state index in [2.05, 4.69) is 11.4 Å². The van der Waals surface area contributed by atoms with Crippen LogP contribution in [0.25, 0.3) is 0 Å². The van der Waals surface area contributed by atoms with Crippen LogP contribution in [0.1, 0.15) is 16.7 Å². The number of carbonyl (C=O) groups excluding carboxylic acids is 1. The standard InChI is InChI=1S/C23H18FN3O3/c24-19-7-4-16(5-8-19)13-27(14-18-6-9-21-22(11-18)30-15-29-21)23(28)26-20-3-1-2-17(10-20)12-25/h1-11H,13-15H2,(H,26,28). The normalized spacial score (nSPS) is 11.6. The zero-order valence-corrected chi connectivity index (χ0v) is 16.0. The van der Waals surface area contributed by atoms with Crippen LogP contribution in [0.2, 0.25) is 0 Å². The van der Waals surface area contributed by atoms with E-state index in [-0.39, 0.29) is 25.2 Å². The van der Waals surface area contributed by atoms with Gasteiger partial charge >= 0.3 is 6.03 Å². The predicted molar refractivity (Wildman–Crippen MR) is 108 cm³/mol. The smallest absolute Gasteiger partial charge is 0.322 e. The fourth-order valence-electron chi connectivity index (χ4n) is 3.14. The molecule has 0 radical (unpaired) electrons. The minimum atomic E-state index is -0.341. The van der Waals surface area contributed by atoms with E-state index in [9.17, 15) is 9.18 Å². The minimum absolute atomic E-state index is 0.174. The lowest BCUT2D eigenvalue weighted by atomic mass is 10.1. The van der Waals surface area contributed by atoms with Gasteiger partial charge in [-0.05, 0) is 53.6 Å². The zero-order chi connectivity index (χ0) is 20.9. The third kappa shape index (κ3) is 4.50. The van der Waals surface area contributed by atoms with E-state index < -0.39 is 0 Å². The number of fused-ring (bicyclic) bond motifs is 1. The molecule has 7 heteroatoms. The van der Waals surface area contributed by atoms with Crippen LogP contribution in [0.4, 0.5) is 14.9 Å². The number of carbonyl (C=O) groups is 1.